The summed E-state index contributed by atoms with van der Waals surface area (Å²) in [5.74, 6) is 0. The highest BCUT2D eigenvalue weighted by Crippen LogP contribution is 2.20. The quantitative estimate of drug-likeness (QED) is 0.577. The second kappa shape index (κ2) is 8.39. The number of halogens is 1. The van der Waals surface area contributed by atoms with Crippen LogP contribution in [-0.4, -0.2) is 11.2 Å². The van der Waals surface area contributed by atoms with E-state index < -0.39 is 0 Å². The molecule has 2 N–H and O–H groups in total. The van der Waals surface area contributed by atoms with Crippen LogP contribution in [0.2, 0.25) is 5.02 Å². The smallest absolute Gasteiger partial charge is 0.170 e. The predicted octanol–water partition coefficient (Wildman–Crippen LogP) is 4.90. The Morgan fingerprint density at radius 2 is 2.11 bits per heavy atom. The van der Waals surface area contributed by atoms with Crippen LogP contribution in [0, 0.1) is 6.92 Å². The molecule has 0 aliphatic heterocycles. The van der Waals surface area contributed by atoms with Crippen molar-refractivity contribution in [2.24, 2.45) is 0 Å². The van der Waals surface area contributed by atoms with Gasteiger partial charge in [0.05, 0.1) is 0 Å². The topological polar surface area (TPSA) is 24.1 Å². The number of hydrogen-bond donors (Lipinski definition) is 2. The monoisotopic (exact) mass is 298 g/mol. The molecule has 106 valence electrons. The fourth-order valence-electron chi connectivity index (χ4n) is 1.88. The first-order chi connectivity index (χ1) is 9.02. The average Bonchev–Trinajstić information content (AvgIpc) is 2.34. The van der Waals surface area contributed by atoms with Crippen LogP contribution in [0.5, 0.6) is 0 Å². The summed E-state index contributed by atoms with van der Waals surface area (Å²) in [6.07, 6.45) is 4.91. The molecule has 1 aromatic carbocycles. The fraction of sp³-hybridized carbons (Fsp3) is 0.533. The van der Waals surface area contributed by atoms with Crippen LogP contribution in [0.3, 0.4) is 0 Å². The van der Waals surface area contributed by atoms with Crippen LogP contribution in [0.25, 0.3) is 0 Å². The van der Waals surface area contributed by atoms with E-state index >= 15 is 0 Å². The lowest BCUT2D eigenvalue weighted by Crippen LogP contribution is -2.36. The molecule has 0 aliphatic carbocycles. The summed E-state index contributed by atoms with van der Waals surface area (Å²) in [5.41, 5.74) is 2.10. The number of anilines is 1. The molecule has 4 heteroatoms. The van der Waals surface area contributed by atoms with E-state index in [1.165, 1.54) is 19.3 Å². The van der Waals surface area contributed by atoms with E-state index in [1.54, 1.807) is 0 Å². The minimum absolute atomic E-state index is 0.394. The molecular formula is C15H23ClN2S. The van der Waals surface area contributed by atoms with Gasteiger partial charge in [0.15, 0.2) is 5.11 Å². The van der Waals surface area contributed by atoms with Gasteiger partial charge in [-0.05, 0) is 50.2 Å². The molecule has 0 bridgehead atoms. The van der Waals surface area contributed by atoms with Crippen molar-refractivity contribution in [3.05, 3.63) is 28.8 Å². The maximum absolute atomic E-state index is 5.99. The van der Waals surface area contributed by atoms with E-state index in [0.717, 1.165) is 17.7 Å². The number of rotatable bonds is 6. The van der Waals surface area contributed by atoms with E-state index in [4.69, 9.17) is 23.8 Å². The van der Waals surface area contributed by atoms with Gasteiger partial charge >= 0.3 is 0 Å². The number of thiocarbonyl (C=S) groups is 1. The van der Waals surface area contributed by atoms with Gasteiger partial charge < -0.3 is 10.6 Å². The second-order valence-electron chi connectivity index (χ2n) is 4.95. The van der Waals surface area contributed by atoms with E-state index in [2.05, 4.69) is 24.5 Å². The zero-order chi connectivity index (χ0) is 14.3. The Kier molecular flexibility index (Phi) is 7.17. The zero-order valence-electron chi connectivity index (χ0n) is 11.9. The average molecular weight is 299 g/mol. The summed E-state index contributed by atoms with van der Waals surface area (Å²) in [4.78, 5) is 0. The van der Waals surface area contributed by atoms with Crippen molar-refractivity contribution in [1.29, 1.82) is 0 Å². The number of aryl methyl sites for hydroxylation is 1. The number of unbranched alkanes of at least 4 members (excludes halogenated alkanes) is 2. The number of hydrogen-bond acceptors (Lipinski definition) is 1. The van der Waals surface area contributed by atoms with Crippen molar-refractivity contribution in [3.63, 3.8) is 0 Å². The summed E-state index contributed by atoms with van der Waals surface area (Å²) in [7, 11) is 0. The molecule has 0 saturated carbocycles. The molecule has 0 heterocycles. The summed E-state index contributed by atoms with van der Waals surface area (Å²) in [5, 5.41) is 7.90. The van der Waals surface area contributed by atoms with Gasteiger partial charge in [0.2, 0.25) is 0 Å². The molecule has 19 heavy (non-hydrogen) atoms. The van der Waals surface area contributed by atoms with Gasteiger partial charge in [0.1, 0.15) is 0 Å². The van der Waals surface area contributed by atoms with Gasteiger partial charge in [-0.15, -0.1) is 0 Å². The summed E-state index contributed by atoms with van der Waals surface area (Å²) in [6.45, 7) is 6.41. The lowest BCUT2D eigenvalue weighted by atomic mass is 10.1. The minimum atomic E-state index is 0.394. The van der Waals surface area contributed by atoms with Crippen LogP contribution >= 0.6 is 23.8 Å². The van der Waals surface area contributed by atoms with Crippen molar-refractivity contribution in [3.8, 4) is 0 Å². The Bertz CT molecular complexity index is 421. The van der Waals surface area contributed by atoms with Gasteiger partial charge in [-0.25, -0.2) is 0 Å². The molecule has 0 aliphatic rings. The maximum atomic E-state index is 5.99. The number of nitrogens with one attached hydrogen (secondary N) is 2. The van der Waals surface area contributed by atoms with Crippen molar-refractivity contribution >= 4 is 34.6 Å². The van der Waals surface area contributed by atoms with Crippen LogP contribution < -0.4 is 10.6 Å². The van der Waals surface area contributed by atoms with Gasteiger partial charge in [-0.1, -0.05) is 43.9 Å². The summed E-state index contributed by atoms with van der Waals surface area (Å²) >= 11 is 11.3. The SMILES string of the molecule is CCCCCC(C)NC(=S)Nc1cc(Cl)ccc1C. The Morgan fingerprint density at radius 1 is 1.37 bits per heavy atom. The Labute approximate surface area is 126 Å². The van der Waals surface area contributed by atoms with Gasteiger partial charge in [0.25, 0.3) is 0 Å². The summed E-state index contributed by atoms with van der Waals surface area (Å²) in [6, 6.07) is 6.15. The van der Waals surface area contributed by atoms with E-state index in [1.807, 2.05) is 25.1 Å². The lowest BCUT2D eigenvalue weighted by Gasteiger charge is -2.18. The third-order valence-corrected chi connectivity index (χ3v) is 3.52. The highest BCUT2D eigenvalue weighted by Gasteiger charge is 2.06. The predicted molar refractivity (Wildman–Crippen MR) is 89.1 cm³/mol. The van der Waals surface area contributed by atoms with Gasteiger partial charge in [0, 0.05) is 16.8 Å². The Morgan fingerprint density at radius 3 is 2.79 bits per heavy atom. The molecule has 1 unspecified atom stereocenters. The third kappa shape index (κ3) is 6.26. The first-order valence-electron chi connectivity index (χ1n) is 6.86. The molecule has 1 aromatic rings. The zero-order valence-corrected chi connectivity index (χ0v) is 13.5. The normalized spacial score (nSPS) is 12.0. The van der Waals surface area contributed by atoms with Crippen molar-refractivity contribution < 1.29 is 0 Å². The third-order valence-electron chi connectivity index (χ3n) is 3.07. The maximum Gasteiger partial charge on any atom is 0.170 e. The van der Waals surface area contributed by atoms with Gasteiger partial charge in [-0.2, -0.15) is 0 Å². The van der Waals surface area contributed by atoms with Crippen LogP contribution in [-0.2, 0) is 0 Å². The van der Waals surface area contributed by atoms with Gasteiger partial charge in [-0.3, -0.25) is 0 Å². The molecule has 2 nitrogen and oxygen atoms in total. The summed E-state index contributed by atoms with van der Waals surface area (Å²) < 4.78 is 0. The highest BCUT2D eigenvalue weighted by atomic mass is 35.5. The molecule has 0 fully saturated rings. The van der Waals surface area contributed by atoms with Crippen LogP contribution in [0.15, 0.2) is 18.2 Å². The largest absolute Gasteiger partial charge is 0.360 e. The standard InChI is InChI=1S/C15H23ClN2S/c1-4-5-6-7-12(3)17-15(19)18-14-10-13(16)9-8-11(14)2/h8-10,12H,4-7H2,1-3H3,(H2,17,18,19). The van der Waals surface area contributed by atoms with Crippen molar-refractivity contribution in [2.75, 3.05) is 5.32 Å². The van der Waals surface area contributed by atoms with Crippen LogP contribution in [0.1, 0.15) is 45.1 Å². The molecule has 0 aromatic heterocycles. The molecule has 0 spiro atoms. The second-order valence-corrected chi connectivity index (χ2v) is 5.80. The van der Waals surface area contributed by atoms with E-state index in [-0.39, 0.29) is 0 Å². The number of benzene rings is 1. The highest BCUT2D eigenvalue weighted by molar-refractivity contribution is 7.80. The minimum Gasteiger partial charge on any atom is -0.360 e. The van der Waals surface area contributed by atoms with Crippen molar-refractivity contribution in [1.82, 2.24) is 5.32 Å². The molecule has 0 radical (unpaired) electrons. The molecule has 1 rings (SSSR count). The van der Waals surface area contributed by atoms with Crippen LogP contribution in [0.4, 0.5) is 5.69 Å². The molecule has 0 amide bonds. The van der Waals surface area contributed by atoms with E-state index in [9.17, 15) is 0 Å². The molecule has 1 atom stereocenters. The Balaban J connectivity index is 2.44. The first kappa shape index (κ1) is 16.3. The Hall–Kier alpha value is -0.800. The molecular weight excluding hydrogens is 276 g/mol. The van der Waals surface area contributed by atoms with Crippen molar-refractivity contribution in [2.45, 2.75) is 52.5 Å². The fourth-order valence-corrected chi connectivity index (χ4v) is 2.37. The van der Waals surface area contributed by atoms with E-state index in [0.29, 0.717) is 16.2 Å². The molecule has 0 saturated heterocycles. The lowest BCUT2D eigenvalue weighted by molar-refractivity contribution is 0.556. The first-order valence-corrected chi connectivity index (χ1v) is 7.65.